The predicted octanol–water partition coefficient (Wildman–Crippen LogP) is 1.66. The van der Waals surface area contributed by atoms with E-state index < -0.39 is 0 Å². The van der Waals surface area contributed by atoms with E-state index in [0.717, 1.165) is 18.8 Å². The summed E-state index contributed by atoms with van der Waals surface area (Å²) in [5, 5.41) is 3.06. The van der Waals surface area contributed by atoms with Crippen LogP contribution in [0.2, 0.25) is 0 Å². The molecule has 1 unspecified atom stereocenters. The normalized spacial score (nSPS) is 28.9. The third-order valence-electron chi connectivity index (χ3n) is 3.38. The first-order valence-corrected chi connectivity index (χ1v) is 6.06. The van der Waals surface area contributed by atoms with E-state index in [-0.39, 0.29) is 17.9 Å². The van der Waals surface area contributed by atoms with E-state index in [0.29, 0.717) is 6.04 Å². The van der Waals surface area contributed by atoms with Crippen molar-refractivity contribution in [3.63, 3.8) is 0 Å². The second kappa shape index (κ2) is 5.50. The quantitative estimate of drug-likeness (QED) is 0.747. The van der Waals surface area contributed by atoms with Gasteiger partial charge in [-0.25, -0.2) is 0 Å². The monoisotopic (exact) mass is 212 g/mol. The molecule has 1 aliphatic rings. The maximum atomic E-state index is 11.7. The van der Waals surface area contributed by atoms with Gasteiger partial charge in [-0.05, 0) is 37.5 Å². The van der Waals surface area contributed by atoms with E-state index in [1.807, 2.05) is 13.8 Å². The summed E-state index contributed by atoms with van der Waals surface area (Å²) in [5.74, 6) is 1.05. The van der Waals surface area contributed by atoms with Gasteiger partial charge in [-0.15, -0.1) is 0 Å². The summed E-state index contributed by atoms with van der Waals surface area (Å²) in [7, 11) is 0. The van der Waals surface area contributed by atoms with Crippen LogP contribution in [-0.2, 0) is 4.79 Å². The fourth-order valence-corrected chi connectivity index (χ4v) is 2.00. The van der Waals surface area contributed by atoms with Gasteiger partial charge in [0.1, 0.15) is 0 Å². The van der Waals surface area contributed by atoms with Crippen LogP contribution in [0.1, 0.15) is 46.5 Å². The summed E-state index contributed by atoms with van der Waals surface area (Å²) in [6.45, 7) is 6.23. The van der Waals surface area contributed by atoms with Crippen LogP contribution in [0.15, 0.2) is 0 Å². The molecule has 1 saturated carbocycles. The van der Waals surface area contributed by atoms with Crippen LogP contribution in [0.4, 0.5) is 0 Å². The average Bonchev–Trinajstić information content (AvgIpc) is 2.20. The van der Waals surface area contributed by atoms with Crippen LogP contribution >= 0.6 is 0 Å². The Morgan fingerprint density at radius 2 is 1.80 bits per heavy atom. The minimum Gasteiger partial charge on any atom is -0.352 e. The van der Waals surface area contributed by atoms with Crippen molar-refractivity contribution in [2.75, 3.05) is 0 Å². The molecule has 0 saturated heterocycles. The van der Waals surface area contributed by atoms with Gasteiger partial charge in [-0.3, -0.25) is 4.79 Å². The van der Waals surface area contributed by atoms with Gasteiger partial charge in [0.05, 0.1) is 6.04 Å². The third-order valence-corrected chi connectivity index (χ3v) is 3.38. The van der Waals surface area contributed by atoms with E-state index >= 15 is 0 Å². The summed E-state index contributed by atoms with van der Waals surface area (Å²) in [6, 6.07) is 0.00264. The summed E-state index contributed by atoms with van der Waals surface area (Å²) in [6.07, 6.45) is 4.67. The lowest BCUT2D eigenvalue weighted by molar-refractivity contribution is -0.124. The van der Waals surface area contributed by atoms with Crippen molar-refractivity contribution in [1.29, 1.82) is 0 Å². The zero-order valence-corrected chi connectivity index (χ0v) is 10.1. The van der Waals surface area contributed by atoms with Crippen LogP contribution in [-0.4, -0.2) is 18.0 Å². The molecule has 1 aliphatic carbocycles. The van der Waals surface area contributed by atoms with Crippen molar-refractivity contribution in [2.45, 2.75) is 58.5 Å². The molecule has 1 fully saturated rings. The molecule has 3 N–H and O–H groups in total. The number of rotatable bonds is 3. The Hall–Kier alpha value is -0.570. The standard InChI is InChI=1S/C12H24N2O/c1-8(2)11(13)12(15)14-10-6-4-9(3)5-7-10/h8-11H,4-7,13H2,1-3H3,(H,14,15). The third kappa shape index (κ3) is 3.82. The minimum absolute atomic E-state index is 0.0181. The topological polar surface area (TPSA) is 55.1 Å². The summed E-state index contributed by atoms with van der Waals surface area (Å²) in [4.78, 5) is 11.7. The second-order valence-corrected chi connectivity index (χ2v) is 5.24. The van der Waals surface area contributed by atoms with Crippen molar-refractivity contribution in [3.8, 4) is 0 Å². The summed E-state index contributed by atoms with van der Waals surface area (Å²) < 4.78 is 0. The van der Waals surface area contributed by atoms with Crippen LogP contribution in [0.3, 0.4) is 0 Å². The van der Waals surface area contributed by atoms with Crippen molar-refractivity contribution in [2.24, 2.45) is 17.6 Å². The summed E-state index contributed by atoms with van der Waals surface area (Å²) in [5.41, 5.74) is 5.79. The smallest absolute Gasteiger partial charge is 0.237 e. The van der Waals surface area contributed by atoms with Gasteiger partial charge in [-0.1, -0.05) is 20.8 Å². The van der Waals surface area contributed by atoms with Gasteiger partial charge in [0.15, 0.2) is 0 Å². The van der Waals surface area contributed by atoms with Crippen molar-refractivity contribution in [3.05, 3.63) is 0 Å². The molecule has 0 radical (unpaired) electrons. The van der Waals surface area contributed by atoms with E-state index in [9.17, 15) is 4.79 Å². The molecule has 0 heterocycles. The molecule has 1 atom stereocenters. The first kappa shape index (κ1) is 12.5. The molecular weight excluding hydrogens is 188 g/mol. The predicted molar refractivity (Wildman–Crippen MR) is 62.4 cm³/mol. The Balaban J connectivity index is 2.32. The highest BCUT2D eigenvalue weighted by molar-refractivity contribution is 5.82. The highest BCUT2D eigenvalue weighted by Crippen LogP contribution is 2.23. The fourth-order valence-electron chi connectivity index (χ4n) is 2.00. The molecular formula is C12H24N2O. The molecule has 0 spiro atoms. The van der Waals surface area contributed by atoms with E-state index in [2.05, 4.69) is 12.2 Å². The lowest BCUT2D eigenvalue weighted by atomic mass is 9.87. The number of amides is 1. The number of nitrogens with two attached hydrogens (primary N) is 1. The highest BCUT2D eigenvalue weighted by Gasteiger charge is 2.23. The maximum Gasteiger partial charge on any atom is 0.237 e. The largest absolute Gasteiger partial charge is 0.352 e. The van der Waals surface area contributed by atoms with Gasteiger partial charge in [0.25, 0.3) is 0 Å². The highest BCUT2D eigenvalue weighted by atomic mass is 16.2. The summed E-state index contributed by atoms with van der Waals surface area (Å²) >= 11 is 0. The van der Waals surface area contributed by atoms with Gasteiger partial charge in [0.2, 0.25) is 5.91 Å². The first-order chi connectivity index (χ1) is 7.00. The van der Waals surface area contributed by atoms with Crippen LogP contribution in [0, 0.1) is 11.8 Å². The molecule has 3 nitrogen and oxygen atoms in total. The zero-order valence-electron chi connectivity index (χ0n) is 10.1. The van der Waals surface area contributed by atoms with E-state index in [1.165, 1.54) is 12.8 Å². The molecule has 0 bridgehead atoms. The lowest BCUT2D eigenvalue weighted by Crippen LogP contribution is -2.48. The number of nitrogens with one attached hydrogen (secondary N) is 1. The van der Waals surface area contributed by atoms with Crippen molar-refractivity contribution >= 4 is 5.91 Å². The number of carbonyl (C=O) groups excluding carboxylic acids is 1. The second-order valence-electron chi connectivity index (χ2n) is 5.24. The first-order valence-electron chi connectivity index (χ1n) is 6.06. The van der Waals surface area contributed by atoms with Gasteiger partial charge in [0, 0.05) is 6.04 Å². The molecule has 1 amide bonds. The Labute approximate surface area is 92.8 Å². The Bertz CT molecular complexity index is 208. The minimum atomic E-state index is -0.357. The van der Waals surface area contributed by atoms with Crippen molar-refractivity contribution < 1.29 is 4.79 Å². The number of carbonyl (C=O) groups is 1. The Morgan fingerprint density at radius 3 is 2.27 bits per heavy atom. The molecule has 15 heavy (non-hydrogen) atoms. The molecule has 0 aromatic rings. The lowest BCUT2D eigenvalue weighted by Gasteiger charge is -2.28. The Kier molecular flexibility index (Phi) is 4.58. The van der Waals surface area contributed by atoms with E-state index in [1.54, 1.807) is 0 Å². The van der Waals surface area contributed by atoms with E-state index in [4.69, 9.17) is 5.73 Å². The molecule has 1 rings (SSSR count). The fraction of sp³-hybridized carbons (Fsp3) is 0.917. The van der Waals surface area contributed by atoms with Crippen LogP contribution < -0.4 is 11.1 Å². The number of hydrogen-bond acceptors (Lipinski definition) is 2. The molecule has 0 aromatic heterocycles. The maximum absolute atomic E-state index is 11.7. The molecule has 0 aromatic carbocycles. The average molecular weight is 212 g/mol. The van der Waals surface area contributed by atoms with Crippen molar-refractivity contribution in [1.82, 2.24) is 5.32 Å². The molecule has 88 valence electrons. The SMILES string of the molecule is CC1CCC(NC(=O)C(N)C(C)C)CC1. The van der Waals surface area contributed by atoms with Gasteiger partial charge in [-0.2, -0.15) is 0 Å². The van der Waals surface area contributed by atoms with Crippen LogP contribution in [0.5, 0.6) is 0 Å². The zero-order chi connectivity index (χ0) is 11.4. The molecule has 3 heteroatoms. The van der Waals surface area contributed by atoms with Gasteiger partial charge < -0.3 is 11.1 Å². The van der Waals surface area contributed by atoms with Gasteiger partial charge >= 0.3 is 0 Å². The number of hydrogen-bond donors (Lipinski definition) is 2. The van der Waals surface area contributed by atoms with Crippen LogP contribution in [0.25, 0.3) is 0 Å². The Morgan fingerprint density at radius 1 is 1.27 bits per heavy atom. The molecule has 0 aliphatic heterocycles.